The summed E-state index contributed by atoms with van der Waals surface area (Å²) in [5.41, 5.74) is -0.806. The second kappa shape index (κ2) is 5.67. The number of aliphatic hydroxyl groups is 1. The molecule has 1 aromatic rings. The molecule has 0 aromatic heterocycles. The fourth-order valence-electron chi connectivity index (χ4n) is 1.23. The highest BCUT2D eigenvalue weighted by atomic mass is 35.5. The van der Waals surface area contributed by atoms with Crippen LogP contribution in [-0.2, 0) is 0 Å². The highest BCUT2D eigenvalue weighted by Crippen LogP contribution is 2.18. The molecule has 1 unspecified atom stereocenters. The first-order chi connectivity index (χ1) is 8.24. The summed E-state index contributed by atoms with van der Waals surface area (Å²) in [7, 11) is 0. The maximum Gasteiger partial charge on any atom is 0.252 e. The van der Waals surface area contributed by atoms with Gasteiger partial charge in [-0.1, -0.05) is 25.4 Å². The van der Waals surface area contributed by atoms with Crippen LogP contribution >= 0.6 is 11.6 Å². The number of nitrogens with one attached hydrogen (secondary N) is 1. The highest BCUT2D eigenvalue weighted by Gasteiger charge is 2.25. The van der Waals surface area contributed by atoms with Crippen LogP contribution in [0.4, 0.5) is 4.39 Å². The average Bonchev–Trinajstić information content (AvgIpc) is 2.25. The quantitative estimate of drug-likeness (QED) is 0.886. The third-order valence-electron chi connectivity index (χ3n) is 3.03. The van der Waals surface area contributed by atoms with E-state index in [1.165, 1.54) is 12.1 Å². The molecule has 0 saturated heterocycles. The van der Waals surface area contributed by atoms with Gasteiger partial charge in [0.25, 0.3) is 5.91 Å². The normalized spacial score (nSPS) is 14.4. The molecule has 0 bridgehead atoms. The first-order valence-corrected chi connectivity index (χ1v) is 6.07. The van der Waals surface area contributed by atoms with E-state index in [1.807, 2.05) is 13.8 Å². The zero-order chi connectivity index (χ0) is 13.9. The monoisotopic (exact) mass is 273 g/mol. The summed E-state index contributed by atoms with van der Waals surface area (Å²) in [6, 6.07) is 3.57. The largest absolute Gasteiger partial charge is 0.388 e. The van der Waals surface area contributed by atoms with Gasteiger partial charge in [0.05, 0.1) is 16.2 Å². The molecular formula is C13H17ClFNO2. The van der Waals surface area contributed by atoms with Crippen LogP contribution in [0.25, 0.3) is 0 Å². The van der Waals surface area contributed by atoms with Crippen LogP contribution in [0.2, 0.25) is 5.02 Å². The number of halogens is 2. The van der Waals surface area contributed by atoms with Crippen LogP contribution in [0.3, 0.4) is 0 Å². The van der Waals surface area contributed by atoms with Crippen molar-refractivity contribution in [3.63, 3.8) is 0 Å². The lowest BCUT2D eigenvalue weighted by Crippen LogP contribution is -2.44. The molecule has 100 valence electrons. The molecule has 3 nitrogen and oxygen atoms in total. The molecule has 1 rings (SSSR count). The van der Waals surface area contributed by atoms with Gasteiger partial charge in [0.2, 0.25) is 0 Å². The van der Waals surface area contributed by atoms with Crippen molar-refractivity contribution in [2.24, 2.45) is 5.92 Å². The summed E-state index contributed by atoms with van der Waals surface area (Å²) < 4.78 is 12.8. The van der Waals surface area contributed by atoms with Crippen molar-refractivity contribution < 1.29 is 14.3 Å². The third-order valence-corrected chi connectivity index (χ3v) is 3.34. The van der Waals surface area contributed by atoms with E-state index in [2.05, 4.69) is 5.32 Å². The second-order valence-corrected chi connectivity index (χ2v) is 5.23. The van der Waals surface area contributed by atoms with E-state index in [9.17, 15) is 14.3 Å². The predicted molar refractivity (Wildman–Crippen MR) is 69.2 cm³/mol. The van der Waals surface area contributed by atoms with Crippen LogP contribution in [0.1, 0.15) is 31.1 Å². The SMILES string of the molecule is CC(C)C(C)(O)CNC(=O)c1ccc(F)cc1Cl. The van der Waals surface area contributed by atoms with Crippen LogP contribution < -0.4 is 5.32 Å². The van der Waals surface area contributed by atoms with E-state index in [-0.39, 0.29) is 23.0 Å². The minimum Gasteiger partial charge on any atom is -0.388 e. The van der Waals surface area contributed by atoms with E-state index in [1.54, 1.807) is 6.92 Å². The van der Waals surface area contributed by atoms with Crippen molar-refractivity contribution in [1.29, 1.82) is 0 Å². The average molecular weight is 274 g/mol. The first-order valence-electron chi connectivity index (χ1n) is 5.69. The van der Waals surface area contributed by atoms with Gasteiger partial charge >= 0.3 is 0 Å². The van der Waals surface area contributed by atoms with E-state index >= 15 is 0 Å². The second-order valence-electron chi connectivity index (χ2n) is 4.82. The van der Waals surface area contributed by atoms with Crippen molar-refractivity contribution in [3.05, 3.63) is 34.6 Å². The van der Waals surface area contributed by atoms with Crippen molar-refractivity contribution >= 4 is 17.5 Å². The van der Waals surface area contributed by atoms with Gasteiger partial charge in [-0.2, -0.15) is 0 Å². The Morgan fingerprint density at radius 2 is 2.17 bits per heavy atom. The number of carbonyl (C=O) groups is 1. The molecule has 1 atom stereocenters. The zero-order valence-corrected chi connectivity index (χ0v) is 11.4. The molecule has 2 N–H and O–H groups in total. The fourth-order valence-corrected chi connectivity index (χ4v) is 1.49. The van der Waals surface area contributed by atoms with Gasteiger partial charge in [-0.05, 0) is 31.0 Å². The Kier molecular flexibility index (Phi) is 4.71. The van der Waals surface area contributed by atoms with Crippen LogP contribution in [0, 0.1) is 11.7 Å². The Bertz CT molecular complexity index is 447. The topological polar surface area (TPSA) is 49.3 Å². The van der Waals surface area contributed by atoms with Gasteiger partial charge < -0.3 is 10.4 Å². The summed E-state index contributed by atoms with van der Waals surface area (Å²) in [6.45, 7) is 5.47. The maximum absolute atomic E-state index is 12.8. The summed E-state index contributed by atoms with van der Waals surface area (Å²) >= 11 is 5.77. The molecule has 0 spiro atoms. The van der Waals surface area contributed by atoms with Gasteiger partial charge in [0.1, 0.15) is 5.82 Å². The summed E-state index contributed by atoms with van der Waals surface area (Å²) in [5, 5.41) is 12.6. The van der Waals surface area contributed by atoms with E-state index in [4.69, 9.17) is 11.6 Å². The molecule has 0 aliphatic rings. The Balaban J connectivity index is 2.72. The fraction of sp³-hybridized carbons (Fsp3) is 0.462. The lowest BCUT2D eigenvalue weighted by molar-refractivity contribution is 0.0142. The Hall–Kier alpha value is -1.13. The predicted octanol–water partition coefficient (Wildman–Crippen LogP) is 2.62. The van der Waals surface area contributed by atoms with Gasteiger partial charge in [0, 0.05) is 6.54 Å². The van der Waals surface area contributed by atoms with Gasteiger partial charge in [0.15, 0.2) is 0 Å². The van der Waals surface area contributed by atoms with E-state index in [0.717, 1.165) is 6.07 Å². The molecule has 18 heavy (non-hydrogen) atoms. The third kappa shape index (κ3) is 3.68. The number of benzene rings is 1. The van der Waals surface area contributed by atoms with E-state index in [0.29, 0.717) is 0 Å². The molecule has 5 heteroatoms. The lowest BCUT2D eigenvalue weighted by atomic mass is 9.92. The molecule has 0 heterocycles. The first kappa shape index (κ1) is 14.9. The van der Waals surface area contributed by atoms with Gasteiger partial charge in [-0.3, -0.25) is 4.79 Å². The van der Waals surface area contributed by atoms with Crippen molar-refractivity contribution in [3.8, 4) is 0 Å². The summed E-state index contributed by atoms with van der Waals surface area (Å²) in [6.07, 6.45) is 0. The standard InChI is InChI=1S/C13H17ClFNO2/c1-8(2)13(3,18)7-16-12(17)10-5-4-9(15)6-11(10)14/h4-6,8,18H,7H2,1-3H3,(H,16,17). The molecule has 0 aliphatic carbocycles. The summed E-state index contributed by atoms with van der Waals surface area (Å²) in [5.74, 6) is -0.923. The maximum atomic E-state index is 12.8. The summed E-state index contributed by atoms with van der Waals surface area (Å²) in [4.78, 5) is 11.8. The zero-order valence-electron chi connectivity index (χ0n) is 10.6. The molecule has 0 fully saturated rings. The smallest absolute Gasteiger partial charge is 0.252 e. The minimum absolute atomic E-state index is 0.00138. The number of carbonyl (C=O) groups excluding carboxylic acids is 1. The van der Waals surface area contributed by atoms with Gasteiger partial charge in [-0.15, -0.1) is 0 Å². The Labute approximate surface area is 111 Å². The Morgan fingerprint density at radius 1 is 1.56 bits per heavy atom. The minimum atomic E-state index is -0.998. The lowest BCUT2D eigenvalue weighted by Gasteiger charge is -2.27. The Morgan fingerprint density at radius 3 is 2.67 bits per heavy atom. The van der Waals surface area contributed by atoms with Crippen molar-refractivity contribution in [1.82, 2.24) is 5.32 Å². The molecule has 1 amide bonds. The highest BCUT2D eigenvalue weighted by molar-refractivity contribution is 6.33. The van der Waals surface area contributed by atoms with Gasteiger partial charge in [-0.25, -0.2) is 4.39 Å². The number of amides is 1. The molecule has 0 saturated carbocycles. The molecule has 1 aromatic carbocycles. The van der Waals surface area contributed by atoms with E-state index < -0.39 is 17.3 Å². The molecule has 0 radical (unpaired) electrons. The van der Waals surface area contributed by atoms with Crippen molar-refractivity contribution in [2.45, 2.75) is 26.4 Å². The van der Waals surface area contributed by atoms with Crippen LogP contribution in [-0.4, -0.2) is 23.2 Å². The van der Waals surface area contributed by atoms with Crippen molar-refractivity contribution in [2.75, 3.05) is 6.54 Å². The van der Waals surface area contributed by atoms with Crippen LogP contribution in [0.15, 0.2) is 18.2 Å². The number of rotatable bonds is 4. The van der Waals surface area contributed by atoms with Crippen LogP contribution in [0.5, 0.6) is 0 Å². The number of hydrogen-bond acceptors (Lipinski definition) is 2. The number of hydrogen-bond donors (Lipinski definition) is 2. The molecule has 0 aliphatic heterocycles. The molecular weight excluding hydrogens is 257 g/mol.